The van der Waals surface area contributed by atoms with Crippen molar-refractivity contribution in [1.82, 2.24) is 10.3 Å². The van der Waals surface area contributed by atoms with Crippen LogP contribution in [-0.2, 0) is 4.74 Å². The van der Waals surface area contributed by atoms with Gasteiger partial charge in [0, 0.05) is 19.3 Å². The van der Waals surface area contributed by atoms with Gasteiger partial charge in [-0.2, -0.15) is 0 Å². The average Bonchev–Trinajstić information content (AvgIpc) is 2.34. The number of aliphatic hydroxyl groups excluding tert-OH is 1. The van der Waals surface area contributed by atoms with Crippen molar-refractivity contribution in [2.24, 2.45) is 0 Å². The first-order chi connectivity index (χ1) is 8.25. The first kappa shape index (κ1) is 13.4. The van der Waals surface area contributed by atoms with Gasteiger partial charge in [-0.25, -0.2) is 0 Å². The fourth-order valence-corrected chi connectivity index (χ4v) is 1.24. The van der Waals surface area contributed by atoms with E-state index in [4.69, 9.17) is 9.84 Å². The van der Waals surface area contributed by atoms with E-state index in [0.29, 0.717) is 26.2 Å². The first-order valence-corrected chi connectivity index (χ1v) is 5.40. The minimum atomic E-state index is -0.401. The van der Waals surface area contributed by atoms with Gasteiger partial charge in [0.2, 0.25) is 0 Å². The van der Waals surface area contributed by atoms with Crippen LogP contribution < -0.4 is 10.9 Å². The fraction of sp³-hybridized carbons (Fsp3) is 0.455. The van der Waals surface area contributed by atoms with Crippen molar-refractivity contribution >= 4 is 5.91 Å². The smallest absolute Gasteiger partial charge is 0.260 e. The lowest BCUT2D eigenvalue weighted by Crippen LogP contribution is -2.30. The van der Waals surface area contributed by atoms with Crippen molar-refractivity contribution in [3.8, 4) is 0 Å². The molecule has 0 atom stereocenters. The summed E-state index contributed by atoms with van der Waals surface area (Å²) in [4.78, 5) is 25.2. The van der Waals surface area contributed by atoms with Crippen LogP contribution in [0.2, 0.25) is 0 Å². The van der Waals surface area contributed by atoms with Crippen molar-refractivity contribution in [1.29, 1.82) is 0 Å². The van der Waals surface area contributed by atoms with Gasteiger partial charge >= 0.3 is 0 Å². The summed E-state index contributed by atoms with van der Waals surface area (Å²) in [7, 11) is 0. The summed E-state index contributed by atoms with van der Waals surface area (Å²) in [6.07, 6.45) is 2.11. The second-order valence-corrected chi connectivity index (χ2v) is 3.36. The standard InChI is InChI=1S/C11H16N2O4/c14-6-8-17-7-2-5-13-11(16)9-3-1-4-12-10(9)15/h1,3-4,14H,2,5-8H2,(H,12,15)(H,13,16). The minimum Gasteiger partial charge on any atom is -0.394 e. The number of carbonyl (C=O) groups is 1. The van der Waals surface area contributed by atoms with Crippen molar-refractivity contribution in [2.75, 3.05) is 26.4 Å². The molecule has 6 nitrogen and oxygen atoms in total. The number of hydrogen-bond acceptors (Lipinski definition) is 4. The third kappa shape index (κ3) is 4.80. The van der Waals surface area contributed by atoms with Crippen molar-refractivity contribution in [2.45, 2.75) is 6.42 Å². The zero-order valence-corrected chi connectivity index (χ0v) is 9.44. The van der Waals surface area contributed by atoms with Crippen LogP contribution in [0.15, 0.2) is 23.1 Å². The lowest BCUT2D eigenvalue weighted by molar-refractivity contribution is 0.0867. The minimum absolute atomic E-state index is 0.00818. The number of aliphatic hydroxyl groups is 1. The van der Waals surface area contributed by atoms with E-state index in [9.17, 15) is 9.59 Å². The van der Waals surface area contributed by atoms with Crippen LogP contribution in [0.1, 0.15) is 16.8 Å². The molecule has 0 aliphatic carbocycles. The summed E-state index contributed by atoms with van der Waals surface area (Å²) < 4.78 is 5.02. The predicted octanol–water partition coefficient (Wildman–Crippen LogP) is -0.496. The predicted molar refractivity (Wildman–Crippen MR) is 61.9 cm³/mol. The molecule has 0 radical (unpaired) electrons. The fourth-order valence-electron chi connectivity index (χ4n) is 1.24. The Morgan fingerprint density at radius 3 is 3.00 bits per heavy atom. The summed E-state index contributed by atoms with van der Waals surface area (Å²) in [6, 6.07) is 3.07. The molecule has 0 aliphatic rings. The number of aromatic nitrogens is 1. The molecule has 0 unspecified atom stereocenters. The molecule has 0 saturated carbocycles. The second kappa shape index (κ2) is 7.59. The SMILES string of the molecule is O=C(NCCCOCCO)c1ccc[nH]c1=O. The Bertz CT molecular complexity index is 402. The van der Waals surface area contributed by atoms with E-state index in [1.807, 2.05) is 0 Å². The maximum Gasteiger partial charge on any atom is 0.260 e. The van der Waals surface area contributed by atoms with Crippen LogP contribution in [0, 0.1) is 0 Å². The third-order valence-corrected chi connectivity index (χ3v) is 2.05. The summed E-state index contributed by atoms with van der Waals surface area (Å²) in [5.41, 5.74) is -0.301. The van der Waals surface area contributed by atoms with E-state index in [1.165, 1.54) is 12.3 Å². The molecule has 0 aliphatic heterocycles. The molecule has 1 amide bonds. The van der Waals surface area contributed by atoms with Gasteiger partial charge in [0.1, 0.15) is 5.56 Å². The maximum atomic E-state index is 11.5. The lowest BCUT2D eigenvalue weighted by Gasteiger charge is -2.04. The Morgan fingerprint density at radius 1 is 1.47 bits per heavy atom. The topological polar surface area (TPSA) is 91.4 Å². The summed E-state index contributed by atoms with van der Waals surface area (Å²) in [6.45, 7) is 1.18. The molecular formula is C11H16N2O4. The molecule has 0 saturated heterocycles. The molecule has 0 aromatic carbocycles. The molecule has 6 heteroatoms. The largest absolute Gasteiger partial charge is 0.394 e. The number of rotatable bonds is 7. The van der Waals surface area contributed by atoms with Crippen molar-refractivity contribution < 1.29 is 14.6 Å². The molecule has 3 N–H and O–H groups in total. The summed E-state index contributed by atoms with van der Waals surface area (Å²) >= 11 is 0. The lowest BCUT2D eigenvalue weighted by atomic mass is 10.2. The molecular weight excluding hydrogens is 224 g/mol. The van der Waals surface area contributed by atoms with Gasteiger partial charge < -0.3 is 20.1 Å². The van der Waals surface area contributed by atoms with Gasteiger partial charge in [-0.05, 0) is 18.6 Å². The van der Waals surface area contributed by atoms with Crippen LogP contribution in [0.3, 0.4) is 0 Å². The van der Waals surface area contributed by atoms with E-state index < -0.39 is 11.5 Å². The number of H-pyrrole nitrogens is 1. The highest BCUT2D eigenvalue weighted by molar-refractivity contribution is 5.93. The molecule has 0 bridgehead atoms. The first-order valence-electron chi connectivity index (χ1n) is 5.40. The Hall–Kier alpha value is -1.66. The zero-order valence-electron chi connectivity index (χ0n) is 9.44. The van der Waals surface area contributed by atoms with Crippen molar-refractivity contribution in [3.05, 3.63) is 34.2 Å². The highest BCUT2D eigenvalue weighted by Crippen LogP contribution is 1.89. The number of amides is 1. The van der Waals surface area contributed by atoms with Gasteiger partial charge in [0.05, 0.1) is 13.2 Å². The third-order valence-electron chi connectivity index (χ3n) is 2.05. The van der Waals surface area contributed by atoms with Gasteiger partial charge in [-0.1, -0.05) is 0 Å². The molecule has 1 heterocycles. The number of ether oxygens (including phenoxy) is 1. The van der Waals surface area contributed by atoms with Gasteiger partial charge in [0.25, 0.3) is 11.5 Å². The molecule has 0 spiro atoms. The Balaban J connectivity index is 2.26. The highest BCUT2D eigenvalue weighted by Gasteiger charge is 2.07. The average molecular weight is 240 g/mol. The number of carbonyl (C=O) groups excluding carboxylic acids is 1. The summed E-state index contributed by atoms with van der Waals surface area (Å²) in [5.74, 6) is -0.394. The van der Waals surface area contributed by atoms with Gasteiger partial charge in [-0.3, -0.25) is 9.59 Å². The van der Waals surface area contributed by atoms with Crippen LogP contribution in [0.5, 0.6) is 0 Å². The van der Waals surface area contributed by atoms with E-state index in [2.05, 4.69) is 10.3 Å². The van der Waals surface area contributed by atoms with E-state index in [1.54, 1.807) is 6.07 Å². The van der Waals surface area contributed by atoms with Crippen LogP contribution in [-0.4, -0.2) is 42.4 Å². The number of aromatic amines is 1. The quantitative estimate of drug-likeness (QED) is 0.560. The molecule has 1 aromatic rings. The Labute approximate surface area is 98.6 Å². The number of nitrogens with one attached hydrogen (secondary N) is 2. The normalized spacial score (nSPS) is 10.2. The Kier molecular flexibility index (Phi) is 5.98. The van der Waals surface area contributed by atoms with Gasteiger partial charge in [-0.15, -0.1) is 0 Å². The van der Waals surface area contributed by atoms with Crippen LogP contribution in [0.25, 0.3) is 0 Å². The maximum absolute atomic E-state index is 11.5. The summed E-state index contributed by atoms with van der Waals surface area (Å²) in [5, 5.41) is 11.1. The van der Waals surface area contributed by atoms with Crippen LogP contribution >= 0.6 is 0 Å². The second-order valence-electron chi connectivity index (χ2n) is 3.36. The van der Waals surface area contributed by atoms with E-state index in [0.717, 1.165) is 0 Å². The number of hydrogen-bond donors (Lipinski definition) is 3. The monoisotopic (exact) mass is 240 g/mol. The molecule has 17 heavy (non-hydrogen) atoms. The zero-order chi connectivity index (χ0) is 12.5. The van der Waals surface area contributed by atoms with Crippen LogP contribution in [0.4, 0.5) is 0 Å². The number of pyridine rings is 1. The Morgan fingerprint density at radius 2 is 2.29 bits per heavy atom. The van der Waals surface area contributed by atoms with Gasteiger partial charge in [0.15, 0.2) is 0 Å². The highest BCUT2D eigenvalue weighted by atomic mass is 16.5. The molecule has 1 rings (SSSR count). The molecule has 94 valence electrons. The van der Waals surface area contributed by atoms with E-state index in [-0.39, 0.29) is 12.2 Å². The van der Waals surface area contributed by atoms with Crippen molar-refractivity contribution in [3.63, 3.8) is 0 Å². The molecule has 0 fully saturated rings. The molecule has 1 aromatic heterocycles. The van der Waals surface area contributed by atoms with E-state index >= 15 is 0 Å².